The van der Waals surface area contributed by atoms with Gasteiger partial charge in [-0.2, -0.15) is 0 Å². The predicted molar refractivity (Wildman–Crippen MR) is 119 cm³/mol. The molecule has 2 saturated heterocycles. The highest BCUT2D eigenvalue weighted by molar-refractivity contribution is 14.0. The van der Waals surface area contributed by atoms with Crippen molar-refractivity contribution in [2.24, 2.45) is 4.99 Å². The fraction of sp³-hybridized carbons (Fsp3) is 0.833. The van der Waals surface area contributed by atoms with E-state index in [9.17, 15) is 9.59 Å². The van der Waals surface area contributed by atoms with Gasteiger partial charge in [-0.05, 0) is 45.7 Å². The molecule has 0 aromatic heterocycles. The van der Waals surface area contributed by atoms with E-state index in [1.54, 1.807) is 14.0 Å². The lowest BCUT2D eigenvalue weighted by Crippen LogP contribution is -2.44. The lowest BCUT2D eigenvalue weighted by Gasteiger charge is -2.26. The molecule has 2 aliphatic heterocycles. The molecular formula is C18H35IN6O2. The third-order valence-electron chi connectivity index (χ3n) is 5.30. The Bertz CT molecular complexity index is 524. The van der Waals surface area contributed by atoms with Crippen LogP contribution in [0.3, 0.4) is 0 Å². The van der Waals surface area contributed by atoms with Crippen molar-refractivity contribution in [3.8, 4) is 0 Å². The second kappa shape index (κ2) is 11.7. The lowest BCUT2D eigenvalue weighted by atomic mass is 9.99. The zero-order valence-corrected chi connectivity index (χ0v) is 19.2. The number of likely N-dealkylation sites (tertiary alicyclic amines) is 1. The van der Waals surface area contributed by atoms with E-state index in [4.69, 9.17) is 0 Å². The SMILES string of the molecule is CCC1(C)NC(=O)N(CCCNC(=NC)NCCN2CCCCC2)C1=O.I. The van der Waals surface area contributed by atoms with E-state index in [-0.39, 0.29) is 35.9 Å². The number of nitrogens with zero attached hydrogens (tertiary/aromatic N) is 3. The van der Waals surface area contributed by atoms with Crippen molar-refractivity contribution in [2.45, 2.75) is 51.5 Å². The van der Waals surface area contributed by atoms with E-state index in [0.717, 1.165) is 19.0 Å². The first kappa shape index (κ1) is 23.9. The van der Waals surface area contributed by atoms with E-state index in [1.807, 2.05) is 6.92 Å². The summed E-state index contributed by atoms with van der Waals surface area (Å²) >= 11 is 0. The van der Waals surface area contributed by atoms with E-state index < -0.39 is 5.54 Å². The number of nitrogens with one attached hydrogen (secondary N) is 3. The topological polar surface area (TPSA) is 89.1 Å². The number of guanidine groups is 1. The first-order valence-corrected chi connectivity index (χ1v) is 9.81. The minimum absolute atomic E-state index is 0. The van der Waals surface area contributed by atoms with Crippen LogP contribution < -0.4 is 16.0 Å². The summed E-state index contributed by atoms with van der Waals surface area (Å²) in [5.41, 5.74) is -0.753. The van der Waals surface area contributed by atoms with Crippen molar-refractivity contribution in [2.75, 3.05) is 46.3 Å². The van der Waals surface area contributed by atoms with Crippen molar-refractivity contribution in [1.29, 1.82) is 0 Å². The molecule has 27 heavy (non-hydrogen) atoms. The first-order valence-electron chi connectivity index (χ1n) is 9.81. The number of hydrogen-bond donors (Lipinski definition) is 3. The highest BCUT2D eigenvalue weighted by Gasteiger charge is 2.45. The van der Waals surface area contributed by atoms with Crippen LogP contribution in [0, 0.1) is 0 Å². The fourth-order valence-corrected chi connectivity index (χ4v) is 3.37. The average Bonchev–Trinajstić information content (AvgIpc) is 2.87. The third-order valence-corrected chi connectivity index (χ3v) is 5.30. The Morgan fingerprint density at radius 2 is 1.81 bits per heavy atom. The predicted octanol–water partition coefficient (Wildman–Crippen LogP) is 1.37. The van der Waals surface area contributed by atoms with Crippen LogP contribution in [0.1, 0.15) is 46.0 Å². The maximum Gasteiger partial charge on any atom is 0.325 e. The Hall–Kier alpha value is -1.10. The van der Waals surface area contributed by atoms with E-state index in [2.05, 4.69) is 25.8 Å². The molecule has 0 aromatic rings. The van der Waals surface area contributed by atoms with Crippen LogP contribution in [0.5, 0.6) is 0 Å². The first-order chi connectivity index (χ1) is 12.5. The summed E-state index contributed by atoms with van der Waals surface area (Å²) in [6.45, 7) is 9.02. The summed E-state index contributed by atoms with van der Waals surface area (Å²) in [5, 5.41) is 9.34. The molecule has 0 aromatic carbocycles. The Morgan fingerprint density at radius 1 is 1.15 bits per heavy atom. The van der Waals surface area contributed by atoms with Crippen LogP contribution in [0.15, 0.2) is 4.99 Å². The number of imide groups is 1. The van der Waals surface area contributed by atoms with Gasteiger partial charge in [0.25, 0.3) is 5.91 Å². The standard InChI is InChI=1S/C18H34N6O2.HI/c1-4-18(2)15(25)24(17(26)22-18)13-8-9-20-16(19-3)21-10-14-23-11-6-5-7-12-23;/h4-14H2,1-3H3,(H,22,26)(H2,19,20,21);1H. The molecule has 0 aliphatic carbocycles. The Balaban J connectivity index is 0.00000364. The summed E-state index contributed by atoms with van der Waals surface area (Å²) < 4.78 is 0. The number of urea groups is 1. The quantitative estimate of drug-likeness (QED) is 0.156. The Labute approximate surface area is 179 Å². The van der Waals surface area contributed by atoms with Gasteiger partial charge < -0.3 is 20.9 Å². The molecule has 8 nitrogen and oxygen atoms in total. The molecule has 2 rings (SSSR count). The maximum atomic E-state index is 12.3. The number of piperidine rings is 1. The second-order valence-electron chi connectivity index (χ2n) is 7.25. The molecule has 0 radical (unpaired) electrons. The summed E-state index contributed by atoms with van der Waals surface area (Å²) in [6.07, 6.45) is 5.23. The number of carbonyl (C=O) groups excluding carboxylic acids is 2. The van der Waals surface area contributed by atoms with Gasteiger partial charge in [0.1, 0.15) is 5.54 Å². The molecule has 0 spiro atoms. The summed E-state index contributed by atoms with van der Waals surface area (Å²) in [5.74, 6) is 0.631. The number of aliphatic imine (C=N–C) groups is 1. The largest absolute Gasteiger partial charge is 0.356 e. The van der Waals surface area contributed by atoms with Crippen LogP contribution in [-0.4, -0.2) is 79.6 Å². The van der Waals surface area contributed by atoms with Crippen LogP contribution in [0.2, 0.25) is 0 Å². The van der Waals surface area contributed by atoms with Crippen LogP contribution >= 0.6 is 24.0 Å². The van der Waals surface area contributed by atoms with E-state index in [1.165, 1.54) is 37.3 Å². The van der Waals surface area contributed by atoms with Gasteiger partial charge in [-0.1, -0.05) is 13.3 Å². The van der Waals surface area contributed by atoms with E-state index >= 15 is 0 Å². The molecule has 0 bridgehead atoms. The van der Waals surface area contributed by atoms with Crippen LogP contribution in [0.25, 0.3) is 0 Å². The van der Waals surface area contributed by atoms with Crippen molar-refractivity contribution < 1.29 is 9.59 Å². The molecule has 3 amide bonds. The molecule has 2 aliphatic rings. The molecule has 1 unspecified atom stereocenters. The number of rotatable bonds is 8. The molecule has 3 N–H and O–H groups in total. The van der Waals surface area contributed by atoms with Gasteiger partial charge in [-0.15, -0.1) is 24.0 Å². The number of hydrogen-bond acceptors (Lipinski definition) is 4. The molecular weight excluding hydrogens is 459 g/mol. The Kier molecular flexibility index (Phi) is 10.4. The van der Waals surface area contributed by atoms with Crippen LogP contribution in [-0.2, 0) is 4.79 Å². The highest BCUT2D eigenvalue weighted by Crippen LogP contribution is 2.20. The average molecular weight is 494 g/mol. The van der Waals surface area contributed by atoms with E-state index in [0.29, 0.717) is 25.9 Å². The van der Waals surface area contributed by atoms with Gasteiger partial charge in [-0.25, -0.2) is 4.79 Å². The minimum Gasteiger partial charge on any atom is -0.356 e. The van der Waals surface area contributed by atoms with Crippen LogP contribution in [0.4, 0.5) is 4.79 Å². The van der Waals surface area contributed by atoms with Gasteiger partial charge in [0.2, 0.25) is 0 Å². The molecule has 2 heterocycles. The summed E-state index contributed by atoms with van der Waals surface area (Å²) in [7, 11) is 1.75. The number of halogens is 1. The second-order valence-corrected chi connectivity index (χ2v) is 7.25. The highest BCUT2D eigenvalue weighted by atomic mass is 127. The molecule has 0 saturated carbocycles. The van der Waals surface area contributed by atoms with Gasteiger partial charge in [0.15, 0.2) is 5.96 Å². The zero-order chi connectivity index (χ0) is 19.0. The Morgan fingerprint density at radius 3 is 2.41 bits per heavy atom. The van der Waals surface area contributed by atoms with Gasteiger partial charge >= 0.3 is 6.03 Å². The van der Waals surface area contributed by atoms with Gasteiger partial charge in [0, 0.05) is 33.2 Å². The molecule has 156 valence electrons. The maximum absolute atomic E-state index is 12.3. The monoisotopic (exact) mass is 494 g/mol. The van der Waals surface area contributed by atoms with Crippen molar-refractivity contribution >= 4 is 41.9 Å². The van der Waals surface area contributed by atoms with Crippen molar-refractivity contribution in [3.63, 3.8) is 0 Å². The number of amides is 3. The zero-order valence-electron chi connectivity index (χ0n) is 16.8. The third kappa shape index (κ3) is 6.78. The van der Waals surface area contributed by atoms with Crippen molar-refractivity contribution in [1.82, 2.24) is 25.8 Å². The fourth-order valence-electron chi connectivity index (χ4n) is 3.37. The number of carbonyl (C=O) groups is 2. The molecule has 9 heteroatoms. The summed E-state index contributed by atoms with van der Waals surface area (Å²) in [6, 6.07) is -0.289. The van der Waals surface area contributed by atoms with Gasteiger partial charge in [0.05, 0.1) is 0 Å². The molecule has 2 fully saturated rings. The van der Waals surface area contributed by atoms with Crippen molar-refractivity contribution in [3.05, 3.63) is 0 Å². The smallest absolute Gasteiger partial charge is 0.325 e. The lowest BCUT2D eigenvalue weighted by molar-refractivity contribution is -0.130. The normalized spacial score (nSPS) is 23.8. The summed E-state index contributed by atoms with van der Waals surface area (Å²) in [4.78, 5) is 32.3. The van der Waals surface area contributed by atoms with Gasteiger partial charge in [-0.3, -0.25) is 14.7 Å². The molecule has 1 atom stereocenters. The minimum atomic E-state index is -0.753.